The Kier molecular flexibility index (Phi) is 10.5. The van der Waals surface area contributed by atoms with Gasteiger partial charge >= 0.3 is 12.1 Å². The molecule has 3 aromatic rings. The topological polar surface area (TPSA) is 154 Å². The van der Waals surface area contributed by atoms with E-state index in [2.05, 4.69) is 39.3 Å². The third kappa shape index (κ3) is 8.42. The number of pyridine rings is 1. The van der Waals surface area contributed by atoms with Crippen molar-refractivity contribution in [3.8, 4) is 0 Å². The number of aromatic nitrogens is 3. The molecular formula is C29H35ClN6O7. The fourth-order valence-electron chi connectivity index (χ4n) is 4.71. The first-order valence-corrected chi connectivity index (χ1v) is 14.4. The highest BCUT2D eigenvalue weighted by atomic mass is 35.5. The van der Waals surface area contributed by atoms with Crippen LogP contribution in [0, 0.1) is 0 Å². The zero-order valence-corrected chi connectivity index (χ0v) is 25.2. The molecule has 0 aliphatic carbocycles. The third-order valence-corrected chi connectivity index (χ3v) is 7.10. The molecule has 1 unspecified atom stereocenters. The summed E-state index contributed by atoms with van der Waals surface area (Å²) in [5, 5.41) is 6.17. The number of imidazole rings is 1. The first kappa shape index (κ1) is 31.7. The van der Waals surface area contributed by atoms with Crippen LogP contribution in [0.1, 0.15) is 61.5 Å². The van der Waals surface area contributed by atoms with Gasteiger partial charge in [0.15, 0.2) is 0 Å². The quantitative estimate of drug-likeness (QED) is 0.253. The van der Waals surface area contributed by atoms with Crippen molar-refractivity contribution in [1.29, 1.82) is 0 Å². The molecule has 0 bridgehead atoms. The summed E-state index contributed by atoms with van der Waals surface area (Å²) in [6.07, 6.45) is 0.819. The molecule has 2 amide bonds. The van der Waals surface area contributed by atoms with Crippen molar-refractivity contribution in [2.24, 2.45) is 0 Å². The summed E-state index contributed by atoms with van der Waals surface area (Å²) in [7, 11) is 0. The number of fused-ring (bicyclic) bond motifs is 1. The second kappa shape index (κ2) is 14.3. The van der Waals surface area contributed by atoms with Crippen molar-refractivity contribution in [2.45, 2.75) is 65.5 Å². The number of rotatable bonds is 10. The Balaban J connectivity index is 1.56. The van der Waals surface area contributed by atoms with Crippen LogP contribution in [0.2, 0.25) is 5.02 Å². The van der Waals surface area contributed by atoms with E-state index in [1.54, 1.807) is 25.1 Å². The Labute approximate surface area is 253 Å². The van der Waals surface area contributed by atoms with Gasteiger partial charge in [-0.2, -0.15) is 0 Å². The van der Waals surface area contributed by atoms with Crippen LogP contribution in [0.3, 0.4) is 0 Å². The predicted molar refractivity (Wildman–Crippen MR) is 158 cm³/mol. The minimum Gasteiger partial charge on any atom is -0.435 e. The molecule has 3 heterocycles. The minimum absolute atomic E-state index is 0.0186. The van der Waals surface area contributed by atoms with Crippen LogP contribution >= 0.6 is 11.6 Å². The van der Waals surface area contributed by atoms with Gasteiger partial charge in [-0.3, -0.25) is 9.59 Å². The molecule has 1 saturated heterocycles. The molecule has 230 valence electrons. The number of anilines is 1. The summed E-state index contributed by atoms with van der Waals surface area (Å²) < 4.78 is 16.3. The smallest absolute Gasteiger partial charge is 0.435 e. The maximum Gasteiger partial charge on any atom is 0.511 e. The summed E-state index contributed by atoms with van der Waals surface area (Å²) in [6.45, 7) is 8.87. The lowest BCUT2D eigenvalue weighted by Gasteiger charge is -2.34. The molecule has 1 atom stereocenters. The normalized spacial score (nSPS) is 14.7. The number of hydrogen-bond donors (Lipinski definition) is 2. The van der Waals surface area contributed by atoms with E-state index in [1.807, 2.05) is 0 Å². The van der Waals surface area contributed by atoms with Gasteiger partial charge in [-0.05, 0) is 63.9 Å². The summed E-state index contributed by atoms with van der Waals surface area (Å²) in [6, 6.07) is 8.03. The van der Waals surface area contributed by atoms with Gasteiger partial charge in [0.2, 0.25) is 18.0 Å². The number of benzene rings is 1. The Morgan fingerprint density at radius 3 is 2.47 bits per heavy atom. The standard InChI is InChI=1S/C29H35ClN6O7/c1-5-41-29(40)43-18(4)42-28(39)19-6-8-23-22(14-19)33-26(27(38)32-21-10-12-35(13-11-21)17(2)3)36(23)16-25(37)34-24-9-7-20(30)15-31-24/h6-9,14-15,17-18,21H,5,10-13,16H2,1-4H3,(H,32,38)(H,31,34,37). The molecular weight excluding hydrogens is 580 g/mol. The SMILES string of the molecule is CCOC(=O)OC(C)OC(=O)c1ccc2c(c1)nc(C(=O)NC1CCN(C(C)C)CC1)n2CC(=O)Nc1ccc(Cl)cn1. The van der Waals surface area contributed by atoms with E-state index >= 15 is 0 Å². The summed E-state index contributed by atoms with van der Waals surface area (Å²) >= 11 is 5.89. The van der Waals surface area contributed by atoms with Gasteiger partial charge in [-0.25, -0.2) is 19.6 Å². The van der Waals surface area contributed by atoms with Crippen LogP contribution in [0.5, 0.6) is 0 Å². The van der Waals surface area contributed by atoms with E-state index in [0.29, 0.717) is 27.9 Å². The van der Waals surface area contributed by atoms with Gasteiger partial charge < -0.3 is 34.3 Å². The third-order valence-electron chi connectivity index (χ3n) is 6.88. The van der Waals surface area contributed by atoms with Crippen LogP contribution in [-0.2, 0) is 25.5 Å². The first-order chi connectivity index (χ1) is 20.5. The molecule has 0 radical (unpaired) electrons. The Hall–Kier alpha value is -4.23. The molecule has 13 nitrogen and oxygen atoms in total. The number of carbonyl (C=O) groups excluding carboxylic acids is 4. The van der Waals surface area contributed by atoms with E-state index in [1.165, 1.54) is 29.8 Å². The van der Waals surface area contributed by atoms with Gasteiger partial charge in [-0.1, -0.05) is 11.6 Å². The number of nitrogens with zero attached hydrogens (tertiary/aromatic N) is 4. The number of halogens is 1. The van der Waals surface area contributed by atoms with Crippen molar-refractivity contribution in [1.82, 2.24) is 24.8 Å². The van der Waals surface area contributed by atoms with E-state index in [9.17, 15) is 19.2 Å². The Morgan fingerprint density at radius 1 is 1.07 bits per heavy atom. The number of nitrogens with one attached hydrogen (secondary N) is 2. The zero-order valence-electron chi connectivity index (χ0n) is 24.5. The molecule has 1 fully saturated rings. The highest BCUT2D eigenvalue weighted by molar-refractivity contribution is 6.30. The number of carbonyl (C=O) groups is 4. The van der Waals surface area contributed by atoms with Gasteiger partial charge in [-0.15, -0.1) is 0 Å². The van der Waals surface area contributed by atoms with Crippen LogP contribution < -0.4 is 10.6 Å². The van der Waals surface area contributed by atoms with Crippen LogP contribution in [0.25, 0.3) is 11.0 Å². The Bertz CT molecular complexity index is 1470. The number of amides is 2. The highest BCUT2D eigenvalue weighted by Gasteiger charge is 2.26. The van der Waals surface area contributed by atoms with Gasteiger partial charge in [0, 0.05) is 38.3 Å². The van der Waals surface area contributed by atoms with Crippen molar-refractivity contribution in [3.63, 3.8) is 0 Å². The number of hydrogen-bond acceptors (Lipinski definition) is 10. The van der Waals surface area contributed by atoms with Crippen molar-refractivity contribution >= 4 is 52.4 Å². The van der Waals surface area contributed by atoms with Crippen LogP contribution in [0.4, 0.5) is 10.6 Å². The molecule has 1 aliphatic rings. The van der Waals surface area contributed by atoms with Crippen molar-refractivity contribution in [3.05, 3.63) is 52.9 Å². The second-order valence-corrected chi connectivity index (χ2v) is 10.7. The number of esters is 1. The van der Waals surface area contributed by atoms with E-state index in [0.717, 1.165) is 25.9 Å². The lowest BCUT2D eigenvalue weighted by Crippen LogP contribution is -2.47. The van der Waals surface area contributed by atoms with Crippen molar-refractivity contribution in [2.75, 3.05) is 25.0 Å². The average molecular weight is 615 g/mol. The fourth-order valence-corrected chi connectivity index (χ4v) is 4.82. The van der Waals surface area contributed by atoms with Gasteiger partial charge in [0.25, 0.3) is 5.91 Å². The molecule has 2 aromatic heterocycles. The maximum atomic E-state index is 13.5. The Morgan fingerprint density at radius 2 is 1.81 bits per heavy atom. The average Bonchev–Trinajstić information content (AvgIpc) is 3.32. The fraction of sp³-hybridized carbons (Fsp3) is 0.448. The zero-order chi connectivity index (χ0) is 31.1. The second-order valence-electron chi connectivity index (χ2n) is 10.3. The minimum atomic E-state index is -1.20. The maximum absolute atomic E-state index is 13.5. The van der Waals surface area contributed by atoms with Gasteiger partial charge in [0.05, 0.1) is 28.2 Å². The van der Waals surface area contributed by atoms with Gasteiger partial charge in [0.1, 0.15) is 12.4 Å². The molecule has 43 heavy (non-hydrogen) atoms. The van der Waals surface area contributed by atoms with Crippen LogP contribution in [-0.4, -0.2) is 81.4 Å². The predicted octanol–water partition coefficient (Wildman–Crippen LogP) is 4.00. The molecule has 2 N–H and O–H groups in total. The monoisotopic (exact) mass is 614 g/mol. The highest BCUT2D eigenvalue weighted by Crippen LogP contribution is 2.21. The van der Waals surface area contributed by atoms with E-state index in [4.69, 9.17) is 25.8 Å². The molecule has 0 spiro atoms. The lowest BCUT2D eigenvalue weighted by molar-refractivity contribution is -0.116. The van der Waals surface area contributed by atoms with E-state index in [-0.39, 0.29) is 30.6 Å². The number of likely N-dealkylation sites (tertiary alicyclic amines) is 1. The summed E-state index contributed by atoms with van der Waals surface area (Å²) in [4.78, 5) is 61.7. The number of ether oxygens (including phenoxy) is 3. The summed E-state index contributed by atoms with van der Waals surface area (Å²) in [5.41, 5.74) is 0.858. The number of piperidine rings is 1. The van der Waals surface area contributed by atoms with E-state index < -0.39 is 30.2 Å². The molecule has 0 saturated carbocycles. The molecule has 14 heteroatoms. The van der Waals surface area contributed by atoms with Crippen molar-refractivity contribution < 1.29 is 33.4 Å². The first-order valence-electron chi connectivity index (χ1n) is 14.0. The molecule has 1 aliphatic heterocycles. The molecule has 1 aromatic carbocycles. The van der Waals surface area contributed by atoms with Crippen LogP contribution in [0.15, 0.2) is 36.5 Å². The lowest BCUT2D eigenvalue weighted by atomic mass is 10.0. The molecule has 4 rings (SSSR count). The largest absolute Gasteiger partial charge is 0.511 e. The summed E-state index contributed by atoms with van der Waals surface area (Å²) in [5.74, 6) is -1.34.